The third kappa shape index (κ3) is 3.67. The fourth-order valence-electron chi connectivity index (χ4n) is 2.07. The van der Waals surface area contributed by atoms with Crippen molar-refractivity contribution in [3.05, 3.63) is 42.7 Å². The molecular weight excluding hydrogens is 266 g/mol. The molecule has 0 bridgehead atoms. The van der Waals surface area contributed by atoms with E-state index >= 15 is 0 Å². The van der Waals surface area contributed by atoms with Gasteiger partial charge < -0.3 is 5.73 Å². The highest BCUT2D eigenvalue weighted by Crippen LogP contribution is 2.23. The number of nitrogens with two attached hydrogens (primary N) is 1. The van der Waals surface area contributed by atoms with Gasteiger partial charge in [0, 0.05) is 23.7 Å². The zero-order valence-corrected chi connectivity index (χ0v) is 12.9. The second kappa shape index (κ2) is 6.18. The minimum atomic E-state index is -0.0786. The molecule has 106 valence electrons. The molecule has 20 heavy (non-hydrogen) atoms. The van der Waals surface area contributed by atoms with Crippen molar-refractivity contribution in [3.63, 3.8) is 0 Å². The smallest absolute Gasteiger partial charge is 0.0784 e. The van der Waals surface area contributed by atoms with Gasteiger partial charge in [0.25, 0.3) is 0 Å². The minimum absolute atomic E-state index is 0.0786. The van der Waals surface area contributed by atoms with Crippen molar-refractivity contribution >= 4 is 17.2 Å². The average Bonchev–Trinajstić information content (AvgIpc) is 2.88. The Morgan fingerprint density at radius 2 is 1.95 bits per heavy atom. The van der Waals surface area contributed by atoms with Gasteiger partial charge in [-0.15, -0.1) is 0 Å². The summed E-state index contributed by atoms with van der Waals surface area (Å²) in [7, 11) is 0. The van der Waals surface area contributed by atoms with Gasteiger partial charge >= 0.3 is 0 Å². The maximum atomic E-state index is 5.74. The van der Waals surface area contributed by atoms with E-state index in [2.05, 4.69) is 37.3 Å². The van der Waals surface area contributed by atoms with Gasteiger partial charge in [-0.1, -0.05) is 56.4 Å². The van der Waals surface area contributed by atoms with Crippen molar-refractivity contribution in [2.75, 3.05) is 0 Å². The molecule has 1 heterocycles. The molecule has 0 aliphatic carbocycles. The summed E-state index contributed by atoms with van der Waals surface area (Å²) in [4.78, 5) is 0.586. The summed E-state index contributed by atoms with van der Waals surface area (Å²) in [6, 6.07) is 10.3. The highest BCUT2D eigenvalue weighted by molar-refractivity contribution is 7.80. The van der Waals surface area contributed by atoms with Crippen LogP contribution in [-0.4, -0.2) is 14.8 Å². The summed E-state index contributed by atoms with van der Waals surface area (Å²) >= 11 is 5.09. The van der Waals surface area contributed by atoms with E-state index in [1.54, 1.807) is 0 Å². The van der Waals surface area contributed by atoms with Crippen LogP contribution in [0.5, 0.6) is 0 Å². The van der Waals surface area contributed by atoms with E-state index in [1.165, 1.54) is 5.56 Å². The molecule has 0 atom stereocenters. The van der Waals surface area contributed by atoms with Crippen molar-refractivity contribution in [3.8, 4) is 11.1 Å². The maximum absolute atomic E-state index is 5.74. The summed E-state index contributed by atoms with van der Waals surface area (Å²) < 4.78 is 1.98. The molecule has 0 radical (unpaired) electrons. The third-order valence-corrected chi connectivity index (χ3v) is 4.15. The Labute approximate surface area is 125 Å². The topological polar surface area (TPSA) is 43.8 Å². The van der Waals surface area contributed by atoms with Gasteiger partial charge in [-0.2, -0.15) is 5.10 Å². The first-order valence-electron chi connectivity index (χ1n) is 6.87. The normalized spacial score (nSPS) is 11.5. The first-order chi connectivity index (χ1) is 9.49. The highest BCUT2D eigenvalue weighted by Gasteiger charge is 2.20. The molecule has 2 rings (SSSR count). The van der Waals surface area contributed by atoms with Gasteiger partial charge in [0.15, 0.2) is 0 Å². The molecular formula is C16H21N3S. The van der Waals surface area contributed by atoms with Crippen LogP contribution in [-0.2, 0) is 6.54 Å². The lowest BCUT2D eigenvalue weighted by atomic mass is 9.88. The van der Waals surface area contributed by atoms with Crippen LogP contribution in [0.25, 0.3) is 11.1 Å². The molecule has 1 aromatic carbocycles. The molecule has 1 aromatic heterocycles. The van der Waals surface area contributed by atoms with Crippen LogP contribution in [0.4, 0.5) is 0 Å². The SMILES string of the molecule is CC(C)(CCCn1cc(-c2ccccc2)cn1)C(N)=S. The lowest BCUT2D eigenvalue weighted by molar-refractivity contribution is 0.426. The van der Waals surface area contributed by atoms with Gasteiger partial charge in [0.2, 0.25) is 0 Å². The largest absolute Gasteiger partial charge is 0.393 e. The number of rotatable bonds is 6. The van der Waals surface area contributed by atoms with Crippen LogP contribution in [0.15, 0.2) is 42.7 Å². The van der Waals surface area contributed by atoms with Crippen LogP contribution in [0.3, 0.4) is 0 Å². The van der Waals surface area contributed by atoms with Crippen molar-refractivity contribution in [1.29, 1.82) is 0 Å². The van der Waals surface area contributed by atoms with Crippen LogP contribution in [0, 0.1) is 5.41 Å². The summed E-state index contributed by atoms with van der Waals surface area (Å²) in [5, 5.41) is 4.41. The number of hydrogen-bond donors (Lipinski definition) is 1. The minimum Gasteiger partial charge on any atom is -0.393 e. The Morgan fingerprint density at radius 1 is 1.25 bits per heavy atom. The lowest BCUT2D eigenvalue weighted by Gasteiger charge is -2.22. The molecule has 2 aromatic rings. The molecule has 4 heteroatoms. The van der Waals surface area contributed by atoms with E-state index in [4.69, 9.17) is 18.0 Å². The number of hydrogen-bond acceptors (Lipinski definition) is 2. The molecule has 2 N–H and O–H groups in total. The lowest BCUT2D eigenvalue weighted by Crippen LogP contribution is -2.29. The highest BCUT2D eigenvalue weighted by atomic mass is 32.1. The van der Waals surface area contributed by atoms with E-state index in [0.717, 1.165) is 24.9 Å². The fraction of sp³-hybridized carbons (Fsp3) is 0.375. The number of aryl methyl sites for hydroxylation is 1. The Bertz CT molecular complexity index is 572. The third-order valence-electron chi connectivity index (χ3n) is 3.60. The predicted molar refractivity (Wildman–Crippen MR) is 87.5 cm³/mol. The van der Waals surface area contributed by atoms with E-state index in [0.29, 0.717) is 4.99 Å². The van der Waals surface area contributed by atoms with Gasteiger partial charge in [0.1, 0.15) is 0 Å². The fourth-order valence-corrected chi connectivity index (χ4v) is 2.17. The van der Waals surface area contributed by atoms with E-state index in [-0.39, 0.29) is 5.41 Å². The Balaban J connectivity index is 1.93. The number of nitrogens with zero attached hydrogens (tertiary/aromatic N) is 2. The van der Waals surface area contributed by atoms with Gasteiger partial charge in [-0.05, 0) is 18.4 Å². The molecule has 0 saturated heterocycles. The first-order valence-corrected chi connectivity index (χ1v) is 7.28. The van der Waals surface area contributed by atoms with Crippen LogP contribution in [0.1, 0.15) is 26.7 Å². The molecule has 3 nitrogen and oxygen atoms in total. The molecule has 0 spiro atoms. The quantitative estimate of drug-likeness (QED) is 0.825. The van der Waals surface area contributed by atoms with E-state index in [1.807, 2.05) is 29.1 Å². The second-order valence-electron chi connectivity index (χ2n) is 5.71. The van der Waals surface area contributed by atoms with Crippen molar-refractivity contribution in [2.24, 2.45) is 11.1 Å². The summed E-state index contributed by atoms with van der Waals surface area (Å²) in [6.45, 7) is 5.07. The zero-order chi connectivity index (χ0) is 14.6. The number of thiocarbonyl (C=S) groups is 1. The molecule has 0 saturated carbocycles. The Hall–Kier alpha value is -1.68. The molecule has 0 aliphatic rings. The summed E-state index contributed by atoms with van der Waals surface area (Å²) in [5.74, 6) is 0. The van der Waals surface area contributed by atoms with Crippen LogP contribution >= 0.6 is 12.2 Å². The van der Waals surface area contributed by atoms with Crippen LogP contribution in [0.2, 0.25) is 0 Å². The van der Waals surface area contributed by atoms with Crippen molar-refractivity contribution < 1.29 is 0 Å². The number of benzene rings is 1. The standard InChI is InChI=1S/C16H21N3S/c1-16(2,15(17)20)9-6-10-19-12-14(11-18-19)13-7-4-3-5-8-13/h3-5,7-8,11-12H,6,9-10H2,1-2H3,(H2,17,20). The van der Waals surface area contributed by atoms with Gasteiger partial charge in [-0.3, -0.25) is 4.68 Å². The van der Waals surface area contributed by atoms with Crippen molar-refractivity contribution in [1.82, 2.24) is 9.78 Å². The summed E-state index contributed by atoms with van der Waals surface area (Å²) in [6.07, 6.45) is 5.99. The zero-order valence-electron chi connectivity index (χ0n) is 12.0. The van der Waals surface area contributed by atoms with Gasteiger partial charge in [0.05, 0.1) is 11.2 Å². The van der Waals surface area contributed by atoms with E-state index < -0.39 is 0 Å². The molecule has 0 unspecified atom stereocenters. The Morgan fingerprint density at radius 3 is 2.60 bits per heavy atom. The van der Waals surface area contributed by atoms with Crippen molar-refractivity contribution in [2.45, 2.75) is 33.2 Å². The monoisotopic (exact) mass is 287 g/mol. The maximum Gasteiger partial charge on any atom is 0.0784 e. The Kier molecular flexibility index (Phi) is 4.55. The first kappa shape index (κ1) is 14.7. The average molecular weight is 287 g/mol. The van der Waals surface area contributed by atoms with Gasteiger partial charge in [-0.25, -0.2) is 0 Å². The molecule has 0 fully saturated rings. The molecule has 0 aliphatic heterocycles. The molecule has 0 amide bonds. The number of aromatic nitrogens is 2. The van der Waals surface area contributed by atoms with E-state index in [9.17, 15) is 0 Å². The predicted octanol–water partition coefficient (Wildman–Crippen LogP) is 3.64. The van der Waals surface area contributed by atoms with Crippen LogP contribution < -0.4 is 5.73 Å². The second-order valence-corrected chi connectivity index (χ2v) is 6.15. The summed E-state index contributed by atoms with van der Waals surface area (Å²) in [5.41, 5.74) is 8.01.